The van der Waals surface area contributed by atoms with Crippen molar-refractivity contribution >= 4 is 43.5 Å². The Morgan fingerprint density at radius 1 is 0.854 bits per heavy atom. The van der Waals surface area contributed by atoms with E-state index >= 15 is 0 Å². The van der Waals surface area contributed by atoms with E-state index in [1.165, 1.54) is 49.5 Å². The molecule has 0 fully saturated rings. The third kappa shape index (κ3) is 9.35. The van der Waals surface area contributed by atoms with Crippen LogP contribution >= 0.6 is 15.9 Å². The van der Waals surface area contributed by atoms with Crippen LogP contribution in [0.25, 0.3) is 0 Å². The quantitative estimate of drug-likeness (QED) is 0.171. The second-order valence-electron chi connectivity index (χ2n) is 12.1. The number of halogens is 2. The molecule has 1 atom stereocenters. The monoisotopic (exact) mass is 739 g/mol. The number of anilines is 1. The highest BCUT2D eigenvalue weighted by Crippen LogP contribution is 2.32. The van der Waals surface area contributed by atoms with Crippen LogP contribution in [0.15, 0.2) is 106 Å². The molecule has 254 valence electrons. The summed E-state index contributed by atoms with van der Waals surface area (Å²) in [6.07, 6.45) is 0.168. The number of ether oxygens (including phenoxy) is 2. The van der Waals surface area contributed by atoms with Crippen LogP contribution in [-0.2, 0) is 32.6 Å². The molecule has 9 nitrogen and oxygen atoms in total. The molecule has 2 amide bonds. The molecule has 1 N–H and O–H groups in total. The number of benzene rings is 4. The van der Waals surface area contributed by atoms with Crippen molar-refractivity contribution < 1.29 is 31.9 Å². The van der Waals surface area contributed by atoms with Gasteiger partial charge < -0.3 is 19.7 Å². The molecule has 0 radical (unpaired) electrons. The molecule has 4 aromatic carbocycles. The predicted octanol–water partition coefficient (Wildman–Crippen LogP) is 6.36. The second-order valence-corrected chi connectivity index (χ2v) is 14.9. The predicted molar refractivity (Wildman–Crippen MR) is 187 cm³/mol. The summed E-state index contributed by atoms with van der Waals surface area (Å²) in [4.78, 5) is 29.8. The van der Waals surface area contributed by atoms with Crippen LogP contribution in [0.4, 0.5) is 10.1 Å². The highest BCUT2D eigenvalue weighted by Gasteiger charge is 2.36. The van der Waals surface area contributed by atoms with Gasteiger partial charge in [-0.15, -0.1) is 0 Å². The Bertz CT molecular complexity index is 1830. The van der Waals surface area contributed by atoms with Crippen LogP contribution in [0, 0.1) is 5.82 Å². The van der Waals surface area contributed by atoms with E-state index in [1.807, 2.05) is 75.4 Å². The summed E-state index contributed by atoms with van der Waals surface area (Å²) in [5.74, 6) is -1.14. The lowest BCUT2D eigenvalue weighted by molar-refractivity contribution is -0.140. The molecule has 0 aliphatic heterocycles. The van der Waals surface area contributed by atoms with Crippen molar-refractivity contribution in [2.45, 2.75) is 50.2 Å². The van der Waals surface area contributed by atoms with Crippen LogP contribution in [0.3, 0.4) is 0 Å². The highest BCUT2D eigenvalue weighted by molar-refractivity contribution is 9.10. The number of nitrogens with zero attached hydrogens (tertiary/aromatic N) is 2. The Morgan fingerprint density at radius 3 is 2.10 bits per heavy atom. The van der Waals surface area contributed by atoms with Crippen LogP contribution in [0.1, 0.15) is 31.9 Å². The van der Waals surface area contributed by atoms with Gasteiger partial charge in [-0.3, -0.25) is 13.9 Å². The lowest BCUT2D eigenvalue weighted by atomic mass is 10.0. The van der Waals surface area contributed by atoms with Gasteiger partial charge in [-0.1, -0.05) is 58.4 Å². The Labute approximate surface area is 289 Å². The molecular formula is C36H39BrFN3O6S. The molecule has 0 heterocycles. The molecule has 0 bridgehead atoms. The number of sulfonamides is 1. The minimum absolute atomic E-state index is 0.000993. The van der Waals surface area contributed by atoms with E-state index in [0.717, 1.165) is 32.0 Å². The van der Waals surface area contributed by atoms with E-state index < -0.39 is 45.8 Å². The van der Waals surface area contributed by atoms with E-state index in [4.69, 9.17) is 9.47 Å². The van der Waals surface area contributed by atoms with Crippen LogP contribution in [0.5, 0.6) is 11.5 Å². The van der Waals surface area contributed by atoms with Crippen LogP contribution < -0.4 is 19.1 Å². The normalized spacial score (nSPS) is 12.1. The van der Waals surface area contributed by atoms with Crippen molar-refractivity contribution in [1.29, 1.82) is 0 Å². The van der Waals surface area contributed by atoms with E-state index in [2.05, 4.69) is 21.2 Å². The van der Waals surface area contributed by atoms with Gasteiger partial charge in [-0.05, 0) is 80.4 Å². The standard InChI is InChI=1S/C36H39BrFN3O6S/c1-36(2,3)39-35(43)31(21-25-10-7-6-8-11-25)40(23-26-12-9-13-27(37)20-26)34(42)24-41(29-16-14-28(38)15-17-29)48(44,45)30-18-19-32(46-4)33(22-30)47-5/h6-20,22,31H,21,23-24H2,1-5H3,(H,39,43)/t31-/m1/s1. The maximum atomic E-state index is 14.6. The fraction of sp³-hybridized carbons (Fsp3) is 0.278. The van der Waals surface area contributed by atoms with Gasteiger partial charge in [0.2, 0.25) is 11.8 Å². The molecule has 0 aromatic heterocycles. The topological polar surface area (TPSA) is 105 Å². The van der Waals surface area contributed by atoms with Gasteiger partial charge in [-0.2, -0.15) is 0 Å². The number of methoxy groups -OCH3 is 2. The number of nitrogens with one attached hydrogen (secondary N) is 1. The molecule has 0 aliphatic rings. The third-order valence-corrected chi connectivity index (χ3v) is 9.61. The first-order chi connectivity index (χ1) is 22.7. The fourth-order valence-electron chi connectivity index (χ4n) is 5.08. The molecule has 0 spiro atoms. The molecule has 0 saturated heterocycles. The van der Waals surface area contributed by atoms with Gasteiger partial charge in [-0.25, -0.2) is 12.8 Å². The van der Waals surface area contributed by atoms with Gasteiger partial charge in [0.25, 0.3) is 10.0 Å². The average molecular weight is 741 g/mol. The first-order valence-electron chi connectivity index (χ1n) is 15.1. The van der Waals surface area contributed by atoms with Crippen molar-refractivity contribution in [2.24, 2.45) is 0 Å². The molecule has 0 saturated carbocycles. The molecule has 48 heavy (non-hydrogen) atoms. The molecule has 0 aliphatic carbocycles. The molecule has 4 aromatic rings. The fourth-order valence-corrected chi connectivity index (χ4v) is 6.96. The molecule has 12 heteroatoms. The summed E-state index contributed by atoms with van der Waals surface area (Å²) >= 11 is 3.48. The van der Waals surface area contributed by atoms with Crippen molar-refractivity contribution in [3.8, 4) is 11.5 Å². The number of hydrogen-bond donors (Lipinski definition) is 1. The molecule has 0 unspecified atom stereocenters. The highest BCUT2D eigenvalue weighted by atomic mass is 79.9. The number of rotatable bonds is 13. The zero-order chi connectivity index (χ0) is 35.1. The van der Waals surface area contributed by atoms with Gasteiger partial charge in [0.1, 0.15) is 18.4 Å². The summed E-state index contributed by atoms with van der Waals surface area (Å²) in [5, 5.41) is 3.00. The van der Waals surface area contributed by atoms with Crippen LogP contribution in [0.2, 0.25) is 0 Å². The number of carbonyl (C=O) groups excluding carboxylic acids is 2. The SMILES string of the molecule is COc1ccc(S(=O)(=O)N(CC(=O)N(Cc2cccc(Br)c2)[C@H](Cc2ccccc2)C(=O)NC(C)(C)C)c2ccc(F)cc2)cc1OC. The first kappa shape index (κ1) is 36.4. The Kier molecular flexibility index (Phi) is 11.9. The van der Waals surface area contributed by atoms with Gasteiger partial charge >= 0.3 is 0 Å². The summed E-state index contributed by atoms with van der Waals surface area (Å²) < 4.78 is 55.0. The lowest BCUT2D eigenvalue weighted by Gasteiger charge is -2.35. The Balaban J connectivity index is 1.84. The van der Waals surface area contributed by atoms with Gasteiger partial charge in [0, 0.05) is 29.0 Å². The second kappa shape index (κ2) is 15.7. The van der Waals surface area contributed by atoms with E-state index in [0.29, 0.717) is 5.75 Å². The van der Waals surface area contributed by atoms with E-state index in [-0.39, 0.29) is 29.3 Å². The van der Waals surface area contributed by atoms with Crippen LogP contribution in [-0.4, -0.2) is 57.5 Å². The van der Waals surface area contributed by atoms with Gasteiger partial charge in [0.15, 0.2) is 11.5 Å². The average Bonchev–Trinajstić information content (AvgIpc) is 3.04. The number of amides is 2. The summed E-state index contributed by atoms with van der Waals surface area (Å²) in [7, 11) is -1.64. The molecular weight excluding hydrogens is 701 g/mol. The number of hydrogen-bond acceptors (Lipinski definition) is 6. The maximum Gasteiger partial charge on any atom is 0.264 e. The number of carbonyl (C=O) groups is 2. The molecule has 4 rings (SSSR count). The van der Waals surface area contributed by atoms with Gasteiger partial charge in [0.05, 0.1) is 24.8 Å². The minimum atomic E-state index is -4.45. The summed E-state index contributed by atoms with van der Waals surface area (Å²) in [6, 6.07) is 24.5. The zero-order valence-electron chi connectivity index (χ0n) is 27.4. The van der Waals surface area contributed by atoms with Crippen molar-refractivity contribution in [3.05, 3.63) is 118 Å². The Hall–Kier alpha value is -4.42. The van der Waals surface area contributed by atoms with Crippen molar-refractivity contribution in [2.75, 3.05) is 25.1 Å². The lowest BCUT2D eigenvalue weighted by Crippen LogP contribution is -2.56. The first-order valence-corrected chi connectivity index (χ1v) is 17.4. The Morgan fingerprint density at radius 2 is 1.50 bits per heavy atom. The summed E-state index contributed by atoms with van der Waals surface area (Å²) in [5.41, 5.74) is 0.969. The van der Waals surface area contributed by atoms with Crippen molar-refractivity contribution in [3.63, 3.8) is 0 Å². The van der Waals surface area contributed by atoms with Crippen molar-refractivity contribution in [1.82, 2.24) is 10.2 Å². The largest absolute Gasteiger partial charge is 0.493 e. The smallest absolute Gasteiger partial charge is 0.264 e. The maximum absolute atomic E-state index is 14.6. The van der Waals surface area contributed by atoms with E-state index in [1.54, 1.807) is 0 Å². The minimum Gasteiger partial charge on any atom is -0.493 e. The van der Waals surface area contributed by atoms with E-state index in [9.17, 15) is 22.4 Å². The third-order valence-electron chi connectivity index (χ3n) is 7.35. The zero-order valence-corrected chi connectivity index (χ0v) is 29.8. The summed E-state index contributed by atoms with van der Waals surface area (Å²) in [6.45, 7) is 4.84.